The number of nitrogens with zero attached hydrogens (tertiary/aromatic N) is 2. The van der Waals surface area contributed by atoms with Crippen molar-refractivity contribution in [2.45, 2.75) is 45.1 Å². The van der Waals surface area contributed by atoms with Gasteiger partial charge in [-0.3, -0.25) is 4.79 Å². The van der Waals surface area contributed by atoms with Crippen molar-refractivity contribution in [3.8, 4) is 11.5 Å². The van der Waals surface area contributed by atoms with Crippen LogP contribution in [0.15, 0.2) is 61.2 Å². The van der Waals surface area contributed by atoms with Gasteiger partial charge in [-0.2, -0.15) is 0 Å². The maximum atomic E-state index is 11.2. The Balaban J connectivity index is 1.48. The highest BCUT2D eigenvalue weighted by molar-refractivity contribution is 5.86. The van der Waals surface area contributed by atoms with Gasteiger partial charge in [-0.15, -0.1) is 0 Å². The molecule has 1 amide bonds. The first-order valence-electron chi connectivity index (χ1n) is 11.3. The molecule has 0 aliphatic rings. The quantitative estimate of drug-likeness (QED) is 0.288. The highest BCUT2D eigenvalue weighted by Gasteiger charge is 2.10. The predicted molar refractivity (Wildman–Crippen MR) is 128 cm³/mol. The van der Waals surface area contributed by atoms with E-state index in [9.17, 15) is 4.79 Å². The Labute approximate surface area is 190 Å². The lowest BCUT2D eigenvalue weighted by Gasteiger charge is -2.11. The number of unbranched alkanes of at least 4 members (excludes halogenated alkanes) is 3. The second kappa shape index (κ2) is 12.5. The molecule has 0 fully saturated rings. The van der Waals surface area contributed by atoms with Gasteiger partial charge in [0, 0.05) is 25.6 Å². The van der Waals surface area contributed by atoms with Gasteiger partial charge in [-0.25, -0.2) is 4.98 Å². The van der Waals surface area contributed by atoms with Crippen molar-refractivity contribution in [2.75, 3.05) is 20.3 Å². The van der Waals surface area contributed by atoms with E-state index >= 15 is 0 Å². The maximum Gasteiger partial charge on any atom is 0.243 e. The maximum absolute atomic E-state index is 11.2. The Hall–Kier alpha value is -3.28. The molecule has 0 aliphatic carbocycles. The van der Waals surface area contributed by atoms with Gasteiger partial charge in [-0.05, 0) is 56.0 Å². The van der Waals surface area contributed by atoms with Crippen LogP contribution in [0.4, 0.5) is 0 Å². The van der Waals surface area contributed by atoms with E-state index in [2.05, 4.69) is 34.7 Å². The van der Waals surface area contributed by atoms with Crippen molar-refractivity contribution in [3.63, 3.8) is 0 Å². The molecule has 2 aromatic carbocycles. The number of para-hydroxylation sites is 2. The molecule has 32 heavy (non-hydrogen) atoms. The van der Waals surface area contributed by atoms with Crippen molar-refractivity contribution in [1.29, 1.82) is 0 Å². The third-order valence-electron chi connectivity index (χ3n) is 5.38. The Kier molecular flexibility index (Phi) is 9.17. The first kappa shape index (κ1) is 23.4. The van der Waals surface area contributed by atoms with E-state index < -0.39 is 0 Å². The molecule has 6 nitrogen and oxygen atoms in total. The van der Waals surface area contributed by atoms with Crippen LogP contribution in [-0.2, 0) is 17.8 Å². The van der Waals surface area contributed by atoms with Crippen LogP contribution in [-0.4, -0.2) is 35.7 Å². The molecule has 1 N–H and O–H groups in total. The minimum atomic E-state index is -0.109. The van der Waals surface area contributed by atoms with Crippen LogP contribution in [0.5, 0.6) is 11.5 Å². The van der Waals surface area contributed by atoms with Crippen LogP contribution in [0.1, 0.15) is 37.9 Å². The van der Waals surface area contributed by atoms with E-state index in [0.717, 1.165) is 67.9 Å². The topological polar surface area (TPSA) is 65.4 Å². The first-order chi connectivity index (χ1) is 15.7. The third-order valence-corrected chi connectivity index (χ3v) is 5.38. The van der Waals surface area contributed by atoms with Gasteiger partial charge in [0.05, 0.1) is 24.8 Å². The Bertz CT molecular complexity index is 1010. The Morgan fingerprint density at radius 1 is 1.06 bits per heavy atom. The second-order valence-electron chi connectivity index (χ2n) is 7.71. The third kappa shape index (κ3) is 6.87. The van der Waals surface area contributed by atoms with E-state index in [-0.39, 0.29) is 5.91 Å². The molecule has 0 bridgehead atoms. The summed E-state index contributed by atoms with van der Waals surface area (Å²) in [7, 11) is 1.66. The number of nitrogens with one attached hydrogen (secondary N) is 1. The van der Waals surface area contributed by atoms with Crippen LogP contribution in [0.3, 0.4) is 0 Å². The zero-order valence-corrected chi connectivity index (χ0v) is 18.9. The number of benzene rings is 2. The fourth-order valence-corrected chi connectivity index (χ4v) is 3.69. The summed E-state index contributed by atoms with van der Waals surface area (Å²) in [5, 5.41) is 2.83. The summed E-state index contributed by atoms with van der Waals surface area (Å²) in [5.74, 6) is 2.67. The zero-order valence-electron chi connectivity index (χ0n) is 18.9. The lowest BCUT2D eigenvalue weighted by atomic mass is 10.2. The molecule has 3 aromatic rings. The normalized spacial score (nSPS) is 10.8. The molecule has 0 radical (unpaired) electrons. The SMILES string of the molecule is C=CC(=O)NCCCCCc1nc2ccccc2n1CCCCOc1cccc(OC)c1. The molecule has 0 atom stereocenters. The van der Waals surface area contributed by atoms with Crippen LogP contribution in [0.2, 0.25) is 0 Å². The minimum Gasteiger partial charge on any atom is -0.497 e. The van der Waals surface area contributed by atoms with Crippen molar-refractivity contribution < 1.29 is 14.3 Å². The number of methoxy groups -OCH3 is 1. The van der Waals surface area contributed by atoms with Gasteiger partial charge in [0.1, 0.15) is 17.3 Å². The van der Waals surface area contributed by atoms with Gasteiger partial charge in [0.15, 0.2) is 0 Å². The number of aryl methyl sites for hydroxylation is 2. The largest absolute Gasteiger partial charge is 0.497 e. The molecule has 0 unspecified atom stereocenters. The van der Waals surface area contributed by atoms with Gasteiger partial charge in [-0.1, -0.05) is 31.2 Å². The molecular formula is C26H33N3O3. The zero-order chi connectivity index (χ0) is 22.6. The van der Waals surface area contributed by atoms with E-state index in [1.54, 1.807) is 7.11 Å². The van der Waals surface area contributed by atoms with E-state index in [1.807, 2.05) is 30.3 Å². The average molecular weight is 436 g/mol. The standard InChI is InChI=1S/C26H33N3O3/c1-3-26(30)27-17-8-4-5-16-25-28-23-14-6-7-15-24(23)29(25)18-9-10-19-32-22-13-11-12-21(20-22)31-2/h3,6-7,11-15,20H,1,4-5,8-10,16-19H2,2H3,(H,27,30). The Morgan fingerprint density at radius 3 is 2.75 bits per heavy atom. The monoisotopic (exact) mass is 435 g/mol. The van der Waals surface area contributed by atoms with Crippen LogP contribution in [0, 0.1) is 0 Å². The number of carbonyl (C=O) groups excluding carboxylic acids is 1. The molecule has 0 saturated heterocycles. The summed E-state index contributed by atoms with van der Waals surface area (Å²) in [4.78, 5) is 16.1. The average Bonchev–Trinajstić information content (AvgIpc) is 3.18. The number of rotatable bonds is 14. The minimum absolute atomic E-state index is 0.109. The second-order valence-corrected chi connectivity index (χ2v) is 7.71. The van der Waals surface area contributed by atoms with Crippen molar-refractivity contribution in [1.82, 2.24) is 14.9 Å². The molecule has 1 heterocycles. The summed E-state index contributed by atoms with van der Waals surface area (Å²) in [6.45, 7) is 5.75. The van der Waals surface area contributed by atoms with Crippen molar-refractivity contribution in [2.24, 2.45) is 0 Å². The molecule has 0 spiro atoms. The summed E-state index contributed by atoms with van der Waals surface area (Å²) >= 11 is 0. The molecule has 3 rings (SSSR count). The van der Waals surface area contributed by atoms with Crippen LogP contribution in [0.25, 0.3) is 11.0 Å². The summed E-state index contributed by atoms with van der Waals surface area (Å²) in [6, 6.07) is 16.0. The van der Waals surface area contributed by atoms with Gasteiger partial charge < -0.3 is 19.4 Å². The summed E-state index contributed by atoms with van der Waals surface area (Å²) < 4.78 is 13.5. The van der Waals surface area contributed by atoms with Crippen LogP contribution < -0.4 is 14.8 Å². The number of hydrogen-bond donors (Lipinski definition) is 1. The van der Waals surface area contributed by atoms with Crippen molar-refractivity contribution in [3.05, 3.63) is 67.0 Å². The van der Waals surface area contributed by atoms with Gasteiger partial charge in [0.2, 0.25) is 5.91 Å². The highest BCUT2D eigenvalue weighted by atomic mass is 16.5. The molecular weight excluding hydrogens is 402 g/mol. The highest BCUT2D eigenvalue weighted by Crippen LogP contribution is 2.20. The number of ether oxygens (including phenoxy) is 2. The van der Waals surface area contributed by atoms with Crippen LogP contribution >= 0.6 is 0 Å². The smallest absolute Gasteiger partial charge is 0.243 e. The Morgan fingerprint density at radius 2 is 1.91 bits per heavy atom. The molecule has 170 valence electrons. The summed E-state index contributed by atoms with van der Waals surface area (Å²) in [6.07, 6.45) is 7.29. The first-order valence-corrected chi connectivity index (χ1v) is 11.3. The number of aromatic nitrogens is 2. The lowest BCUT2D eigenvalue weighted by Crippen LogP contribution is -2.21. The van der Waals surface area contributed by atoms with E-state index in [0.29, 0.717) is 13.2 Å². The number of carbonyl (C=O) groups is 1. The van der Waals surface area contributed by atoms with Gasteiger partial charge >= 0.3 is 0 Å². The number of amides is 1. The fraction of sp³-hybridized carbons (Fsp3) is 0.385. The van der Waals surface area contributed by atoms with Crippen molar-refractivity contribution >= 4 is 16.9 Å². The van der Waals surface area contributed by atoms with E-state index in [1.165, 1.54) is 11.6 Å². The molecule has 0 aliphatic heterocycles. The predicted octanol–water partition coefficient (Wildman–Crippen LogP) is 4.92. The molecule has 1 aromatic heterocycles. The fourth-order valence-electron chi connectivity index (χ4n) is 3.69. The summed E-state index contributed by atoms with van der Waals surface area (Å²) in [5.41, 5.74) is 2.24. The van der Waals surface area contributed by atoms with Gasteiger partial charge in [0.25, 0.3) is 0 Å². The van der Waals surface area contributed by atoms with E-state index in [4.69, 9.17) is 14.5 Å². The number of hydrogen-bond acceptors (Lipinski definition) is 4. The number of imidazole rings is 1. The molecule has 6 heteroatoms. The number of fused-ring (bicyclic) bond motifs is 1. The lowest BCUT2D eigenvalue weighted by molar-refractivity contribution is -0.116. The molecule has 0 saturated carbocycles.